The number of aliphatic hydroxyl groups is 1. The summed E-state index contributed by atoms with van der Waals surface area (Å²) in [6.45, 7) is 5.07. The van der Waals surface area contributed by atoms with E-state index in [9.17, 15) is 0 Å². The van der Waals surface area contributed by atoms with Crippen LogP contribution in [0.4, 0.5) is 5.82 Å². The third-order valence-corrected chi connectivity index (χ3v) is 2.99. The number of halogens is 1. The quantitative estimate of drug-likeness (QED) is 0.802. The third kappa shape index (κ3) is 2.86. The molecule has 2 rings (SSSR count). The van der Waals surface area contributed by atoms with E-state index < -0.39 is 0 Å². The van der Waals surface area contributed by atoms with Gasteiger partial charge in [-0.05, 0) is 13.8 Å². The normalized spacial score (nSPS) is 25.1. The van der Waals surface area contributed by atoms with E-state index in [1.54, 1.807) is 6.07 Å². The van der Waals surface area contributed by atoms with Crippen molar-refractivity contribution in [1.29, 1.82) is 0 Å². The fourth-order valence-electron chi connectivity index (χ4n) is 1.91. The van der Waals surface area contributed by atoms with Gasteiger partial charge in [-0.2, -0.15) is 0 Å². The summed E-state index contributed by atoms with van der Waals surface area (Å²) >= 11 is 5.93. The summed E-state index contributed by atoms with van der Waals surface area (Å²) in [5, 5.41) is 9.58. The summed E-state index contributed by atoms with van der Waals surface area (Å²) in [6, 6.07) is 1.95. The minimum Gasteiger partial charge on any atom is -0.394 e. The summed E-state index contributed by atoms with van der Waals surface area (Å²) in [7, 11) is 0. The minimum absolute atomic E-state index is 0.0149. The van der Waals surface area contributed by atoms with Crippen molar-refractivity contribution >= 4 is 17.4 Å². The third-order valence-electron chi connectivity index (χ3n) is 2.80. The van der Waals surface area contributed by atoms with Gasteiger partial charge < -0.3 is 14.7 Å². The first-order chi connectivity index (χ1) is 8.10. The number of aliphatic hydroxyl groups excluding tert-OH is 1. The van der Waals surface area contributed by atoms with Crippen LogP contribution >= 0.6 is 11.6 Å². The van der Waals surface area contributed by atoms with E-state index in [1.165, 1.54) is 0 Å². The smallest absolute Gasteiger partial charge is 0.134 e. The molecule has 0 aliphatic carbocycles. The lowest BCUT2D eigenvalue weighted by Crippen LogP contribution is -2.50. The number of aromatic nitrogens is 2. The van der Waals surface area contributed by atoms with Gasteiger partial charge in [0.25, 0.3) is 0 Å². The summed E-state index contributed by atoms with van der Waals surface area (Å²) < 4.78 is 5.48. The monoisotopic (exact) mass is 257 g/mol. The Labute approximate surface area is 105 Å². The summed E-state index contributed by atoms with van der Waals surface area (Å²) in [4.78, 5) is 10.5. The van der Waals surface area contributed by atoms with Gasteiger partial charge in [0.05, 0.1) is 25.4 Å². The Kier molecular flexibility index (Phi) is 3.81. The average molecular weight is 258 g/mol. The second-order valence-corrected chi connectivity index (χ2v) is 4.62. The summed E-state index contributed by atoms with van der Waals surface area (Å²) in [5.74, 6) is 1.43. The van der Waals surface area contributed by atoms with Crippen molar-refractivity contribution < 1.29 is 9.84 Å². The van der Waals surface area contributed by atoms with Gasteiger partial charge in [0, 0.05) is 12.6 Å². The SMILES string of the molecule is Cc1nc(Cl)cc(N2CC(CO)OCC2C)n1. The molecule has 0 amide bonds. The molecule has 1 aromatic heterocycles. The molecule has 2 heterocycles. The molecule has 0 spiro atoms. The average Bonchev–Trinajstić information content (AvgIpc) is 2.28. The molecule has 0 aromatic carbocycles. The Hall–Kier alpha value is -0.910. The number of aryl methyl sites for hydroxylation is 1. The molecular formula is C11H16ClN3O2. The van der Waals surface area contributed by atoms with Gasteiger partial charge in [-0.3, -0.25) is 0 Å². The van der Waals surface area contributed by atoms with Crippen molar-refractivity contribution in [1.82, 2.24) is 9.97 Å². The molecule has 0 saturated carbocycles. The zero-order chi connectivity index (χ0) is 12.4. The zero-order valence-electron chi connectivity index (χ0n) is 9.93. The van der Waals surface area contributed by atoms with E-state index in [0.29, 0.717) is 24.1 Å². The van der Waals surface area contributed by atoms with Crippen LogP contribution < -0.4 is 4.90 Å². The van der Waals surface area contributed by atoms with Crippen LogP contribution in [-0.4, -0.2) is 47.0 Å². The first-order valence-electron chi connectivity index (χ1n) is 5.60. The molecule has 1 aromatic rings. The van der Waals surface area contributed by atoms with E-state index in [0.717, 1.165) is 5.82 Å². The molecule has 2 unspecified atom stereocenters. The second kappa shape index (κ2) is 5.16. The Morgan fingerprint density at radius 3 is 3.00 bits per heavy atom. The number of anilines is 1. The highest BCUT2D eigenvalue weighted by Crippen LogP contribution is 2.22. The predicted octanol–water partition coefficient (Wildman–Crippen LogP) is 1.02. The molecule has 0 radical (unpaired) electrons. The van der Waals surface area contributed by atoms with E-state index >= 15 is 0 Å². The highest BCUT2D eigenvalue weighted by molar-refractivity contribution is 6.29. The van der Waals surface area contributed by atoms with Gasteiger partial charge >= 0.3 is 0 Å². The molecule has 5 nitrogen and oxygen atoms in total. The standard InChI is InChI=1S/C11H16ClN3O2/c1-7-6-17-9(5-16)4-15(7)11-3-10(12)13-8(2)14-11/h3,7,9,16H,4-6H2,1-2H3. The molecule has 6 heteroatoms. The molecular weight excluding hydrogens is 242 g/mol. The Bertz CT molecular complexity index is 382. The number of ether oxygens (including phenoxy) is 1. The van der Waals surface area contributed by atoms with Crippen LogP contribution in [0.2, 0.25) is 5.15 Å². The maximum Gasteiger partial charge on any atom is 0.134 e. The molecule has 2 atom stereocenters. The van der Waals surface area contributed by atoms with Crippen LogP contribution in [0.25, 0.3) is 0 Å². The maximum atomic E-state index is 9.14. The highest BCUT2D eigenvalue weighted by Gasteiger charge is 2.26. The van der Waals surface area contributed by atoms with Gasteiger partial charge in [0.1, 0.15) is 16.8 Å². The number of rotatable bonds is 2. The van der Waals surface area contributed by atoms with Crippen LogP contribution in [0, 0.1) is 6.92 Å². The topological polar surface area (TPSA) is 58.5 Å². The van der Waals surface area contributed by atoms with Crippen molar-refractivity contribution in [2.24, 2.45) is 0 Å². The summed E-state index contributed by atoms with van der Waals surface area (Å²) in [6.07, 6.45) is -0.166. The fourth-order valence-corrected chi connectivity index (χ4v) is 2.13. The van der Waals surface area contributed by atoms with Crippen molar-refractivity contribution in [3.05, 3.63) is 17.0 Å². The van der Waals surface area contributed by atoms with Gasteiger partial charge in [-0.25, -0.2) is 9.97 Å². The van der Waals surface area contributed by atoms with Gasteiger partial charge in [-0.1, -0.05) is 11.6 Å². The van der Waals surface area contributed by atoms with Crippen LogP contribution in [0.1, 0.15) is 12.7 Å². The Morgan fingerprint density at radius 2 is 2.35 bits per heavy atom. The fraction of sp³-hybridized carbons (Fsp3) is 0.636. The second-order valence-electron chi connectivity index (χ2n) is 4.24. The van der Waals surface area contributed by atoms with Gasteiger partial charge in [0.2, 0.25) is 0 Å². The lowest BCUT2D eigenvalue weighted by molar-refractivity contribution is -0.0105. The van der Waals surface area contributed by atoms with E-state index in [1.807, 2.05) is 6.92 Å². The molecule has 0 bridgehead atoms. The summed E-state index contributed by atoms with van der Waals surface area (Å²) in [5.41, 5.74) is 0. The van der Waals surface area contributed by atoms with Crippen molar-refractivity contribution in [2.75, 3.05) is 24.7 Å². The van der Waals surface area contributed by atoms with E-state index in [4.69, 9.17) is 21.4 Å². The Morgan fingerprint density at radius 1 is 1.59 bits per heavy atom. The lowest BCUT2D eigenvalue weighted by atomic mass is 10.2. The van der Waals surface area contributed by atoms with Gasteiger partial charge in [-0.15, -0.1) is 0 Å². The van der Waals surface area contributed by atoms with Gasteiger partial charge in [0.15, 0.2) is 0 Å². The largest absolute Gasteiger partial charge is 0.394 e. The highest BCUT2D eigenvalue weighted by atomic mass is 35.5. The van der Waals surface area contributed by atoms with E-state index in [2.05, 4.69) is 21.8 Å². The van der Waals surface area contributed by atoms with Crippen LogP contribution in [0.5, 0.6) is 0 Å². The number of hydrogen-bond acceptors (Lipinski definition) is 5. The maximum absolute atomic E-state index is 9.14. The number of morpholine rings is 1. The molecule has 17 heavy (non-hydrogen) atoms. The molecule has 1 aliphatic rings. The zero-order valence-corrected chi connectivity index (χ0v) is 10.7. The van der Waals surface area contributed by atoms with Crippen LogP contribution in [-0.2, 0) is 4.74 Å². The molecule has 1 aliphatic heterocycles. The molecule has 94 valence electrons. The first-order valence-corrected chi connectivity index (χ1v) is 5.98. The van der Waals surface area contributed by atoms with Crippen LogP contribution in [0.15, 0.2) is 6.07 Å². The predicted molar refractivity (Wildman–Crippen MR) is 65.4 cm³/mol. The molecule has 1 saturated heterocycles. The van der Waals surface area contributed by atoms with E-state index in [-0.39, 0.29) is 18.8 Å². The first kappa shape index (κ1) is 12.5. The van der Waals surface area contributed by atoms with Crippen molar-refractivity contribution in [2.45, 2.75) is 26.0 Å². The Balaban J connectivity index is 2.24. The van der Waals surface area contributed by atoms with Crippen molar-refractivity contribution in [3.8, 4) is 0 Å². The molecule has 1 N–H and O–H groups in total. The lowest BCUT2D eigenvalue weighted by Gasteiger charge is -2.38. The number of hydrogen-bond donors (Lipinski definition) is 1. The van der Waals surface area contributed by atoms with Crippen molar-refractivity contribution in [3.63, 3.8) is 0 Å². The number of nitrogens with zero attached hydrogens (tertiary/aromatic N) is 3. The minimum atomic E-state index is -0.166. The van der Waals surface area contributed by atoms with Crippen LogP contribution in [0.3, 0.4) is 0 Å². The molecule has 1 fully saturated rings.